The van der Waals surface area contributed by atoms with E-state index in [1.165, 1.54) is 0 Å². The van der Waals surface area contributed by atoms with Crippen molar-refractivity contribution in [2.45, 2.75) is 20.3 Å². The summed E-state index contributed by atoms with van der Waals surface area (Å²) in [7, 11) is 2.07. The van der Waals surface area contributed by atoms with Crippen molar-refractivity contribution in [1.29, 1.82) is 0 Å². The largest absolute Gasteiger partial charge is 0.354 e. The Morgan fingerprint density at radius 2 is 1.67 bits per heavy atom. The molecule has 1 aromatic rings. The minimum atomic E-state index is 0.204. The van der Waals surface area contributed by atoms with E-state index in [4.69, 9.17) is 11.6 Å². The molecule has 0 radical (unpaired) electrons. The lowest BCUT2D eigenvalue weighted by Gasteiger charge is -2.14. The summed E-state index contributed by atoms with van der Waals surface area (Å²) in [6.45, 7) is 7.73. The number of rotatable bonds is 8. The average molecular weight is 273 g/mol. The quantitative estimate of drug-likeness (QED) is 0.751. The van der Waals surface area contributed by atoms with Gasteiger partial charge in [0.05, 0.1) is 0 Å². The number of likely N-dealkylation sites (N-methyl/N-ethyl adjacent to an activating group) is 1. The number of aromatic nitrogens is 3. The van der Waals surface area contributed by atoms with Gasteiger partial charge in [0.25, 0.3) is 0 Å². The average Bonchev–Trinajstić information content (AvgIpc) is 2.35. The van der Waals surface area contributed by atoms with Crippen LogP contribution in [0.4, 0.5) is 11.9 Å². The molecule has 102 valence electrons. The van der Waals surface area contributed by atoms with Gasteiger partial charge in [0, 0.05) is 19.6 Å². The predicted molar refractivity (Wildman–Crippen MR) is 75.3 cm³/mol. The lowest BCUT2D eigenvalue weighted by molar-refractivity contribution is 0.367. The van der Waals surface area contributed by atoms with Gasteiger partial charge in [-0.2, -0.15) is 15.0 Å². The Balaban J connectivity index is 2.51. The summed E-state index contributed by atoms with van der Waals surface area (Å²) in [5, 5.41) is 6.43. The molecule has 0 spiro atoms. The van der Waals surface area contributed by atoms with Gasteiger partial charge < -0.3 is 15.5 Å². The van der Waals surface area contributed by atoms with Crippen LogP contribution in [0.3, 0.4) is 0 Å². The third-order valence-electron chi connectivity index (χ3n) is 2.46. The Hall–Kier alpha value is -1.14. The van der Waals surface area contributed by atoms with E-state index in [9.17, 15) is 0 Å². The Kier molecular flexibility index (Phi) is 6.67. The standard InChI is InChI=1S/C11H21ClN6/c1-4-6-13-10-15-9(12)16-11(17-10)14-7-8-18(3)5-2/h4-8H2,1-3H3,(H2,13,14,15,16,17). The van der Waals surface area contributed by atoms with Crippen molar-refractivity contribution in [1.82, 2.24) is 19.9 Å². The van der Waals surface area contributed by atoms with Gasteiger partial charge in [-0.15, -0.1) is 0 Å². The lowest BCUT2D eigenvalue weighted by Crippen LogP contribution is -2.25. The third-order valence-corrected chi connectivity index (χ3v) is 2.63. The van der Waals surface area contributed by atoms with Gasteiger partial charge in [0.1, 0.15) is 0 Å². The molecule has 0 fully saturated rings. The number of nitrogens with zero attached hydrogens (tertiary/aromatic N) is 4. The summed E-state index contributed by atoms with van der Waals surface area (Å²) in [5.74, 6) is 1.03. The lowest BCUT2D eigenvalue weighted by atomic mass is 10.5. The molecule has 0 amide bonds. The highest BCUT2D eigenvalue weighted by molar-refractivity contribution is 6.28. The zero-order valence-corrected chi connectivity index (χ0v) is 12.0. The molecule has 1 aromatic heterocycles. The first-order valence-corrected chi connectivity index (χ1v) is 6.61. The molecular formula is C11H21ClN6. The van der Waals surface area contributed by atoms with E-state index in [2.05, 4.69) is 51.4 Å². The first-order chi connectivity index (χ1) is 8.65. The van der Waals surface area contributed by atoms with Gasteiger partial charge in [0.15, 0.2) is 0 Å². The molecule has 6 nitrogen and oxygen atoms in total. The minimum Gasteiger partial charge on any atom is -0.354 e. The Labute approximate surface area is 113 Å². The van der Waals surface area contributed by atoms with E-state index in [0.717, 1.165) is 32.6 Å². The number of nitrogens with one attached hydrogen (secondary N) is 2. The van der Waals surface area contributed by atoms with Gasteiger partial charge in [-0.05, 0) is 31.6 Å². The molecule has 0 bridgehead atoms. The van der Waals surface area contributed by atoms with E-state index in [-0.39, 0.29) is 5.28 Å². The van der Waals surface area contributed by atoms with Gasteiger partial charge in [-0.3, -0.25) is 0 Å². The molecule has 0 saturated heterocycles. The molecule has 0 aliphatic carbocycles. The number of halogens is 1. The second-order valence-corrected chi connectivity index (χ2v) is 4.34. The van der Waals surface area contributed by atoms with Crippen molar-refractivity contribution < 1.29 is 0 Å². The van der Waals surface area contributed by atoms with E-state index < -0.39 is 0 Å². The van der Waals surface area contributed by atoms with Crippen LogP contribution in [0.1, 0.15) is 20.3 Å². The topological polar surface area (TPSA) is 66.0 Å². The van der Waals surface area contributed by atoms with Crippen LogP contribution in [0.5, 0.6) is 0 Å². The first kappa shape index (κ1) is 14.9. The fraction of sp³-hybridized carbons (Fsp3) is 0.727. The Bertz CT molecular complexity index is 359. The highest BCUT2D eigenvalue weighted by atomic mass is 35.5. The maximum absolute atomic E-state index is 5.85. The fourth-order valence-electron chi connectivity index (χ4n) is 1.26. The minimum absolute atomic E-state index is 0.204. The van der Waals surface area contributed by atoms with Crippen LogP contribution in [0.15, 0.2) is 0 Å². The van der Waals surface area contributed by atoms with Crippen LogP contribution in [0.25, 0.3) is 0 Å². The van der Waals surface area contributed by atoms with Gasteiger partial charge in [-0.25, -0.2) is 0 Å². The monoisotopic (exact) mass is 272 g/mol. The molecule has 0 aliphatic rings. The zero-order chi connectivity index (χ0) is 13.4. The van der Waals surface area contributed by atoms with Crippen molar-refractivity contribution in [2.75, 3.05) is 43.9 Å². The SMILES string of the molecule is CCCNc1nc(Cl)nc(NCCN(C)CC)n1. The van der Waals surface area contributed by atoms with Crippen LogP contribution in [0, 0.1) is 0 Å². The third kappa shape index (κ3) is 5.46. The zero-order valence-electron chi connectivity index (χ0n) is 11.2. The molecular weight excluding hydrogens is 252 g/mol. The van der Waals surface area contributed by atoms with Crippen LogP contribution in [0.2, 0.25) is 5.28 Å². The van der Waals surface area contributed by atoms with Gasteiger partial charge >= 0.3 is 0 Å². The van der Waals surface area contributed by atoms with Crippen LogP contribution < -0.4 is 10.6 Å². The summed E-state index contributed by atoms with van der Waals surface area (Å²) in [6, 6.07) is 0. The first-order valence-electron chi connectivity index (χ1n) is 6.23. The van der Waals surface area contributed by atoms with Crippen LogP contribution >= 0.6 is 11.6 Å². The Morgan fingerprint density at radius 3 is 2.22 bits per heavy atom. The van der Waals surface area contributed by atoms with Gasteiger partial charge in [0.2, 0.25) is 17.2 Å². The maximum atomic E-state index is 5.85. The highest BCUT2D eigenvalue weighted by Crippen LogP contribution is 2.09. The normalized spacial score (nSPS) is 10.7. The number of hydrogen-bond acceptors (Lipinski definition) is 6. The van der Waals surface area contributed by atoms with E-state index >= 15 is 0 Å². The van der Waals surface area contributed by atoms with Crippen molar-refractivity contribution >= 4 is 23.5 Å². The van der Waals surface area contributed by atoms with Crippen LogP contribution in [-0.2, 0) is 0 Å². The van der Waals surface area contributed by atoms with E-state index in [1.807, 2.05) is 0 Å². The summed E-state index contributed by atoms with van der Waals surface area (Å²) in [6.07, 6.45) is 1.01. The fourth-order valence-corrected chi connectivity index (χ4v) is 1.42. The molecule has 2 N–H and O–H groups in total. The second-order valence-electron chi connectivity index (χ2n) is 4.00. The number of anilines is 2. The van der Waals surface area contributed by atoms with Crippen molar-refractivity contribution in [3.8, 4) is 0 Å². The van der Waals surface area contributed by atoms with Crippen LogP contribution in [-0.4, -0.2) is 53.1 Å². The summed E-state index contributed by atoms with van der Waals surface area (Å²) in [4.78, 5) is 14.5. The predicted octanol–water partition coefficient (Wildman–Crippen LogP) is 1.71. The Morgan fingerprint density at radius 1 is 1.06 bits per heavy atom. The van der Waals surface area contributed by atoms with Crippen molar-refractivity contribution in [3.63, 3.8) is 0 Å². The van der Waals surface area contributed by atoms with E-state index in [0.29, 0.717) is 11.9 Å². The van der Waals surface area contributed by atoms with Gasteiger partial charge in [-0.1, -0.05) is 13.8 Å². The smallest absolute Gasteiger partial charge is 0.228 e. The summed E-state index contributed by atoms with van der Waals surface area (Å²) >= 11 is 5.85. The second kappa shape index (κ2) is 8.05. The van der Waals surface area contributed by atoms with Crippen molar-refractivity contribution in [2.24, 2.45) is 0 Å². The summed E-state index contributed by atoms with van der Waals surface area (Å²) < 4.78 is 0. The van der Waals surface area contributed by atoms with E-state index in [1.54, 1.807) is 0 Å². The molecule has 0 saturated carbocycles. The molecule has 7 heteroatoms. The highest BCUT2D eigenvalue weighted by Gasteiger charge is 2.04. The molecule has 18 heavy (non-hydrogen) atoms. The molecule has 0 unspecified atom stereocenters. The summed E-state index contributed by atoms with van der Waals surface area (Å²) in [5.41, 5.74) is 0. The molecule has 1 rings (SSSR count). The maximum Gasteiger partial charge on any atom is 0.228 e. The molecule has 0 aliphatic heterocycles. The molecule has 0 atom stereocenters. The van der Waals surface area contributed by atoms with Crippen molar-refractivity contribution in [3.05, 3.63) is 5.28 Å². The number of hydrogen-bond donors (Lipinski definition) is 2. The molecule has 0 aromatic carbocycles. The molecule has 1 heterocycles.